The molecule has 3 aromatic rings. The van der Waals surface area contributed by atoms with Crippen LogP contribution in [-0.2, 0) is 19.6 Å². The molecule has 2 heterocycles. The summed E-state index contributed by atoms with van der Waals surface area (Å²) in [7, 11) is 0. The molecule has 0 radical (unpaired) electrons. The lowest BCUT2D eigenvalue weighted by Crippen LogP contribution is -2.19. The van der Waals surface area contributed by atoms with E-state index < -0.39 is 5.91 Å². The summed E-state index contributed by atoms with van der Waals surface area (Å²) in [5.41, 5.74) is 15.7. The predicted octanol–water partition coefficient (Wildman–Crippen LogP) is 1.09. The fourth-order valence-electron chi connectivity index (χ4n) is 2.59. The lowest BCUT2D eigenvalue weighted by Gasteiger charge is -2.09. The Hall–Kier alpha value is -3.23. The zero-order valence-corrected chi connectivity index (χ0v) is 15.0. The Bertz CT molecular complexity index is 941. The maximum Gasteiger partial charge on any atom is 0.269 e. The van der Waals surface area contributed by atoms with Gasteiger partial charge in [0.2, 0.25) is 0 Å². The molecule has 27 heavy (non-hydrogen) atoms. The molecule has 0 aliphatic rings. The van der Waals surface area contributed by atoms with E-state index in [1.165, 1.54) is 0 Å². The Morgan fingerprint density at radius 3 is 2.67 bits per heavy atom. The van der Waals surface area contributed by atoms with Gasteiger partial charge in [0.1, 0.15) is 0 Å². The van der Waals surface area contributed by atoms with Crippen LogP contribution in [-0.4, -0.2) is 25.8 Å². The highest BCUT2D eigenvalue weighted by molar-refractivity contribution is 5.92. The summed E-state index contributed by atoms with van der Waals surface area (Å²) in [5, 5.41) is 3.33. The zero-order chi connectivity index (χ0) is 19.2. The first-order valence-corrected chi connectivity index (χ1v) is 8.50. The fourth-order valence-corrected chi connectivity index (χ4v) is 2.59. The van der Waals surface area contributed by atoms with Crippen LogP contribution in [0.1, 0.15) is 33.1 Å². The number of aromatic nitrogens is 4. The third-order valence-electron chi connectivity index (χ3n) is 3.97. The van der Waals surface area contributed by atoms with E-state index in [1.807, 2.05) is 31.2 Å². The maximum atomic E-state index is 11.6. The van der Waals surface area contributed by atoms with Gasteiger partial charge in [-0.2, -0.15) is 0 Å². The van der Waals surface area contributed by atoms with Crippen molar-refractivity contribution in [2.45, 2.75) is 26.6 Å². The minimum atomic E-state index is -0.637. The normalized spacial score (nSPS) is 10.7. The van der Waals surface area contributed by atoms with Gasteiger partial charge in [-0.25, -0.2) is 4.98 Å². The highest BCUT2D eigenvalue weighted by Gasteiger charge is 2.12. The van der Waals surface area contributed by atoms with Gasteiger partial charge in [-0.15, -0.1) is 0 Å². The first kappa shape index (κ1) is 18.6. The van der Waals surface area contributed by atoms with Gasteiger partial charge in [0.05, 0.1) is 29.0 Å². The van der Waals surface area contributed by atoms with Gasteiger partial charge in [-0.1, -0.05) is 18.2 Å². The van der Waals surface area contributed by atoms with Gasteiger partial charge in [-0.3, -0.25) is 19.7 Å². The molecule has 0 saturated heterocycles. The highest BCUT2D eigenvalue weighted by atomic mass is 16.1. The topological polar surface area (TPSA) is 133 Å². The van der Waals surface area contributed by atoms with Gasteiger partial charge in [0, 0.05) is 37.6 Å². The van der Waals surface area contributed by atoms with Gasteiger partial charge in [0.25, 0.3) is 5.91 Å². The standard InChI is InChI=1S/C19H21N7O/c1-12-7-24-15(10-23-12)9-22-8-13-3-2-4-14(5-13)17-11-25-16(6-20)18(26-17)19(21)27/h2-5,7,10-11,22H,6,8-9,20H2,1H3,(H2,21,27). The molecule has 0 spiro atoms. The van der Waals surface area contributed by atoms with Gasteiger partial charge < -0.3 is 16.8 Å². The van der Waals surface area contributed by atoms with Crippen molar-refractivity contribution in [3.8, 4) is 11.3 Å². The molecule has 0 aliphatic carbocycles. The van der Waals surface area contributed by atoms with E-state index in [0.29, 0.717) is 24.5 Å². The highest BCUT2D eigenvalue weighted by Crippen LogP contribution is 2.19. The van der Waals surface area contributed by atoms with Gasteiger partial charge in [0.15, 0.2) is 5.69 Å². The number of hydrogen-bond acceptors (Lipinski definition) is 7. The number of rotatable bonds is 7. The van der Waals surface area contributed by atoms with Crippen molar-refractivity contribution < 1.29 is 4.79 Å². The van der Waals surface area contributed by atoms with Gasteiger partial charge >= 0.3 is 0 Å². The Morgan fingerprint density at radius 1 is 1.11 bits per heavy atom. The lowest BCUT2D eigenvalue weighted by atomic mass is 10.1. The van der Waals surface area contributed by atoms with E-state index in [-0.39, 0.29) is 12.2 Å². The molecule has 0 saturated carbocycles. The minimum absolute atomic E-state index is 0.108. The monoisotopic (exact) mass is 363 g/mol. The van der Waals surface area contributed by atoms with E-state index in [1.54, 1.807) is 18.6 Å². The molecule has 0 aliphatic heterocycles. The van der Waals surface area contributed by atoms with Crippen LogP contribution in [0.3, 0.4) is 0 Å². The minimum Gasteiger partial charge on any atom is -0.364 e. The molecule has 2 aromatic heterocycles. The van der Waals surface area contributed by atoms with Crippen LogP contribution in [0, 0.1) is 6.92 Å². The quantitative estimate of drug-likeness (QED) is 0.572. The molecule has 5 N–H and O–H groups in total. The lowest BCUT2D eigenvalue weighted by molar-refractivity contribution is 0.0994. The van der Waals surface area contributed by atoms with E-state index in [0.717, 1.165) is 22.5 Å². The van der Waals surface area contributed by atoms with Crippen LogP contribution in [0.2, 0.25) is 0 Å². The van der Waals surface area contributed by atoms with E-state index >= 15 is 0 Å². The van der Waals surface area contributed by atoms with Crippen molar-refractivity contribution in [3.05, 3.63) is 71.2 Å². The molecular formula is C19H21N7O. The zero-order valence-electron chi connectivity index (χ0n) is 15.0. The van der Waals surface area contributed by atoms with Crippen LogP contribution < -0.4 is 16.8 Å². The third kappa shape index (κ3) is 4.69. The number of nitrogens with zero attached hydrogens (tertiary/aromatic N) is 4. The van der Waals surface area contributed by atoms with Crippen molar-refractivity contribution in [1.82, 2.24) is 25.3 Å². The summed E-state index contributed by atoms with van der Waals surface area (Å²) in [6, 6.07) is 7.84. The molecule has 3 rings (SSSR count). The van der Waals surface area contributed by atoms with Crippen molar-refractivity contribution >= 4 is 5.91 Å². The third-order valence-corrected chi connectivity index (χ3v) is 3.97. The number of aryl methyl sites for hydroxylation is 1. The number of primary amides is 1. The van der Waals surface area contributed by atoms with E-state index in [9.17, 15) is 4.79 Å². The summed E-state index contributed by atoms with van der Waals surface area (Å²) in [6.45, 7) is 3.29. The van der Waals surface area contributed by atoms with Crippen LogP contribution in [0.15, 0.2) is 42.9 Å². The van der Waals surface area contributed by atoms with E-state index in [2.05, 4.69) is 25.3 Å². The molecule has 8 nitrogen and oxygen atoms in total. The summed E-state index contributed by atoms with van der Waals surface area (Å²) in [5.74, 6) is -0.637. The maximum absolute atomic E-state index is 11.6. The van der Waals surface area contributed by atoms with E-state index in [4.69, 9.17) is 11.5 Å². The molecule has 0 fully saturated rings. The number of carbonyl (C=O) groups excluding carboxylic acids is 1. The van der Waals surface area contributed by atoms with Crippen LogP contribution in [0.5, 0.6) is 0 Å². The molecule has 1 amide bonds. The Morgan fingerprint density at radius 2 is 1.96 bits per heavy atom. The fraction of sp³-hybridized carbons (Fsp3) is 0.211. The van der Waals surface area contributed by atoms with Crippen molar-refractivity contribution in [3.63, 3.8) is 0 Å². The molecule has 1 aromatic carbocycles. The number of benzene rings is 1. The average molecular weight is 363 g/mol. The second kappa shape index (κ2) is 8.43. The number of nitrogens with one attached hydrogen (secondary N) is 1. The number of amides is 1. The number of hydrogen-bond donors (Lipinski definition) is 3. The largest absolute Gasteiger partial charge is 0.364 e. The molecular weight excluding hydrogens is 342 g/mol. The van der Waals surface area contributed by atoms with Crippen molar-refractivity contribution in [1.29, 1.82) is 0 Å². The second-order valence-electron chi connectivity index (χ2n) is 6.07. The SMILES string of the molecule is Cc1cnc(CNCc2cccc(-c3cnc(CN)c(C(N)=O)n3)c2)cn1. The van der Waals surface area contributed by atoms with Crippen LogP contribution >= 0.6 is 0 Å². The Kier molecular flexibility index (Phi) is 5.80. The van der Waals surface area contributed by atoms with Crippen LogP contribution in [0.4, 0.5) is 0 Å². The van der Waals surface area contributed by atoms with Crippen LogP contribution in [0.25, 0.3) is 11.3 Å². The van der Waals surface area contributed by atoms with Crippen molar-refractivity contribution in [2.24, 2.45) is 11.5 Å². The first-order valence-electron chi connectivity index (χ1n) is 8.50. The smallest absolute Gasteiger partial charge is 0.269 e. The van der Waals surface area contributed by atoms with Gasteiger partial charge in [-0.05, 0) is 18.6 Å². The Balaban J connectivity index is 1.72. The average Bonchev–Trinajstić information content (AvgIpc) is 2.69. The number of nitrogens with two attached hydrogens (primary N) is 2. The summed E-state index contributed by atoms with van der Waals surface area (Å²) < 4.78 is 0. The number of carbonyl (C=O) groups is 1. The molecule has 0 bridgehead atoms. The predicted molar refractivity (Wildman–Crippen MR) is 101 cm³/mol. The summed E-state index contributed by atoms with van der Waals surface area (Å²) >= 11 is 0. The first-order chi connectivity index (χ1) is 13.1. The van der Waals surface area contributed by atoms with Crippen molar-refractivity contribution in [2.75, 3.05) is 0 Å². The molecule has 138 valence electrons. The second-order valence-corrected chi connectivity index (χ2v) is 6.07. The Labute approximate surface area is 157 Å². The summed E-state index contributed by atoms with van der Waals surface area (Å²) in [4.78, 5) is 28.7. The molecule has 8 heteroatoms. The molecule has 0 atom stereocenters. The summed E-state index contributed by atoms with van der Waals surface area (Å²) in [6.07, 6.45) is 5.11. The molecule has 0 unspecified atom stereocenters.